The number of fused-ring (bicyclic) bond motifs is 1. The SMILES string of the molecule is CCOC(=O)c1cc2c([nH]c1=O)CCC2. The van der Waals surface area contributed by atoms with Crippen LogP contribution < -0.4 is 5.56 Å². The van der Waals surface area contributed by atoms with E-state index in [9.17, 15) is 9.59 Å². The Bertz CT molecular complexity index is 448. The van der Waals surface area contributed by atoms with Gasteiger partial charge in [-0.1, -0.05) is 0 Å². The first-order valence-electron chi connectivity index (χ1n) is 5.14. The highest BCUT2D eigenvalue weighted by molar-refractivity contribution is 5.89. The molecule has 0 bridgehead atoms. The van der Waals surface area contributed by atoms with E-state index in [0.29, 0.717) is 0 Å². The standard InChI is InChI=1S/C11H13NO3/c1-2-15-11(14)8-6-7-4-3-5-9(7)12-10(8)13/h6H,2-5H2,1H3,(H,12,13). The number of aromatic nitrogens is 1. The van der Waals surface area contributed by atoms with E-state index in [1.807, 2.05) is 0 Å². The summed E-state index contributed by atoms with van der Waals surface area (Å²) < 4.78 is 4.81. The zero-order chi connectivity index (χ0) is 10.8. The number of hydrogen-bond donors (Lipinski definition) is 1. The Morgan fingerprint density at radius 1 is 1.53 bits per heavy atom. The molecule has 0 aromatic carbocycles. The van der Waals surface area contributed by atoms with E-state index < -0.39 is 5.97 Å². The molecule has 0 atom stereocenters. The van der Waals surface area contributed by atoms with Crippen molar-refractivity contribution in [1.29, 1.82) is 0 Å². The summed E-state index contributed by atoms with van der Waals surface area (Å²) in [6.07, 6.45) is 2.86. The van der Waals surface area contributed by atoms with Crippen LogP contribution in [0.5, 0.6) is 0 Å². The molecule has 1 heterocycles. The van der Waals surface area contributed by atoms with Crippen LogP contribution >= 0.6 is 0 Å². The molecule has 0 aliphatic heterocycles. The molecule has 0 amide bonds. The van der Waals surface area contributed by atoms with E-state index in [2.05, 4.69) is 4.98 Å². The quantitative estimate of drug-likeness (QED) is 0.737. The van der Waals surface area contributed by atoms with Gasteiger partial charge in [0.1, 0.15) is 5.56 Å². The minimum atomic E-state index is -0.534. The summed E-state index contributed by atoms with van der Waals surface area (Å²) in [5, 5.41) is 0. The van der Waals surface area contributed by atoms with Gasteiger partial charge in [-0.3, -0.25) is 4.79 Å². The zero-order valence-corrected chi connectivity index (χ0v) is 8.63. The lowest BCUT2D eigenvalue weighted by molar-refractivity contribution is 0.0524. The number of aromatic amines is 1. The first-order valence-corrected chi connectivity index (χ1v) is 5.14. The molecule has 0 unspecified atom stereocenters. The molecule has 1 aromatic heterocycles. The number of ether oxygens (including phenoxy) is 1. The average molecular weight is 207 g/mol. The van der Waals surface area contributed by atoms with E-state index >= 15 is 0 Å². The van der Waals surface area contributed by atoms with Crippen molar-refractivity contribution in [2.24, 2.45) is 0 Å². The molecule has 1 aromatic rings. The van der Waals surface area contributed by atoms with Crippen LogP contribution in [0.15, 0.2) is 10.9 Å². The van der Waals surface area contributed by atoms with Crippen molar-refractivity contribution in [3.63, 3.8) is 0 Å². The van der Waals surface area contributed by atoms with Crippen molar-refractivity contribution in [3.05, 3.63) is 33.2 Å². The maximum atomic E-state index is 11.5. The minimum Gasteiger partial charge on any atom is -0.462 e. The second kappa shape index (κ2) is 3.88. The highest BCUT2D eigenvalue weighted by Gasteiger charge is 2.18. The monoisotopic (exact) mass is 207 g/mol. The number of H-pyrrole nitrogens is 1. The Balaban J connectivity index is 2.41. The highest BCUT2D eigenvalue weighted by Crippen LogP contribution is 2.18. The van der Waals surface area contributed by atoms with Crippen LogP contribution in [0, 0.1) is 0 Å². The fraction of sp³-hybridized carbons (Fsp3) is 0.455. The van der Waals surface area contributed by atoms with Gasteiger partial charge in [-0.15, -0.1) is 0 Å². The van der Waals surface area contributed by atoms with Gasteiger partial charge in [0.2, 0.25) is 0 Å². The second-order valence-corrected chi connectivity index (χ2v) is 3.59. The molecule has 1 aliphatic carbocycles. The summed E-state index contributed by atoms with van der Waals surface area (Å²) >= 11 is 0. The second-order valence-electron chi connectivity index (χ2n) is 3.59. The van der Waals surface area contributed by atoms with E-state index in [1.54, 1.807) is 13.0 Å². The Hall–Kier alpha value is -1.58. The molecule has 4 nitrogen and oxygen atoms in total. The molecule has 0 spiro atoms. The Labute approximate surface area is 87.3 Å². The lowest BCUT2D eigenvalue weighted by Gasteiger charge is -2.03. The third-order valence-corrected chi connectivity index (χ3v) is 2.58. The third-order valence-electron chi connectivity index (χ3n) is 2.58. The molecule has 0 saturated heterocycles. The lowest BCUT2D eigenvalue weighted by atomic mass is 10.1. The topological polar surface area (TPSA) is 59.2 Å². The number of pyridine rings is 1. The Morgan fingerprint density at radius 3 is 3.07 bits per heavy atom. The van der Waals surface area contributed by atoms with Crippen molar-refractivity contribution in [3.8, 4) is 0 Å². The molecule has 0 fully saturated rings. The molecule has 80 valence electrons. The molecular formula is C11H13NO3. The van der Waals surface area contributed by atoms with Crippen molar-refractivity contribution in [2.45, 2.75) is 26.2 Å². The predicted octanol–water partition coefficient (Wildman–Crippen LogP) is 1.04. The van der Waals surface area contributed by atoms with Crippen LogP contribution in [0.4, 0.5) is 0 Å². The number of nitrogens with one attached hydrogen (secondary N) is 1. The number of aryl methyl sites for hydroxylation is 2. The fourth-order valence-electron chi connectivity index (χ4n) is 1.87. The molecule has 4 heteroatoms. The molecule has 0 radical (unpaired) electrons. The van der Waals surface area contributed by atoms with Crippen molar-refractivity contribution >= 4 is 5.97 Å². The Kier molecular flexibility index (Phi) is 2.58. The van der Waals surface area contributed by atoms with Gasteiger partial charge < -0.3 is 9.72 Å². The molecular weight excluding hydrogens is 194 g/mol. The number of esters is 1. The summed E-state index contributed by atoms with van der Waals surface area (Å²) in [6, 6.07) is 1.67. The number of rotatable bonds is 2. The molecule has 15 heavy (non-hydrogen) atoms. The minimum absolute atomic E-state index is 0.123. The highest BCUT2D eigenvalue weighted by atomic mass is 16.5. The van der Waals surface area contributed by atoms with Gasteiger partial charge in [0.25, 0.3) is 5.56 Å². The molecule has 1 N–H and O–H groups in total. The van der Waals surface area contributed by atoms with Crippen LogP contribution in [-0.4, -0.2) is 17.6 Å². The summed E-state index contributed by atoms with van der Waals surface area (Å²) in [5.41, 5.74) is 1.82. The average Bonchev–Trinajstić information content (AvgIpc) is 2.63. The molecule has 1 aliphatic rings. The summed E-state index contributed by atoms with van der Waals surface area (Å²) in [6.45, 7) is 2.01. The van der Waals surface area contributed by atoms with E-state index in [0.717, 1.165) is 30.5 Å². The van der Waals surface area contributed by atoms with Crippen LogP contribution in [0.3, 0.4) is 0 Å². The zero-order valence-electron chi connectivity index (χ0n) is 8.63. The number of hydrogen-bond acceptors (Lipinski definition) is 3. The van der Waals surface area contributed by atoms with Crippen LogP contribution in [0.25, 0.3) is 0 Å². The van der Waals surface area contributed by atoms with Gasteiger partial charge in [0.05, 0.1) is 6.61 Å². The lowest BCUT2D eigenvalue weighted by Crippen LogP contribution is -2.21. The fourth-order valence-corrected chi connectivity index (χ4v) is 1.87. The van der Waals surface area contributed by atoms with E-state index in [4.69, 9.17) is 4.74 Å². The van der Waals surface area contributed by atoms with Gasteiger partial charge in [-0.05, 0) is 37.8 Å². The largest absolute Gasteiger partial charge is 0.462 e. The van der Waals surface area contributed by atoms with Crippen molar-refractivity contribution in [2.75, 3.05) is 6.61 Å². The van der Waals surface area contributed by atoms with Crippen molar-refractivity contribution < 1.29 is 9.53 Å². The number of carbonyl (C=O) groups is 1. The maximum absolute atomic E-state index is 11.5. The summed E-state index contributed by atoms with van der Waals surface area (Å²) in [4.78, 5) is 25.7. The van der Waals surface area contributed by atoms with Gasteiger partial charge in [0, 0.05) is 5.69 Å². The van der Waals surface area contributed by atoms with Crippen molar-refractivity contribution in [1.82, 2.24) is 4.98 Å². The van der Waals surface area contributed by atoms with Gasteiger partial charge >= 0.3 is 5.97 Å². The van der Waals surface area contributed by atoms with Gasteiger partial charge in [0.15, 0.2) is 0 Å². The third kappa shape index (κ3) is 1.79. The van der Waals surface area contributed by atoms with Crippen LogP contribution in [0.2, 0.25) is 0 Å². The first-order chi connectivity index (χ1) is 7.22. The number of carbonyl (C=O) groups excluding carboxylic acids is 1. The normalized spacial score (nSPS) is 13.7. The molecule has 2 rings (SSSR count). The summed E-state index contributed by atoms with van der Waals surface area (Å²) in [7, 11) is 0. The van der Waals surface area contributed by atoms with E-state index in [1.165, 1.54) is 0 Å². The predicted molar refractivity (Wildman–Crippen MR) is 55.0 cm³/mol. The van der Waals surface area contributed by atoms with Crippen LogP contribution in [0.1, 0.15) is 35.0 Å². The first kappa shape index (κ1) is 9.96. The Morgan fingerprint density at radius 2 is 2.33 bits per heavy atom. The maximum Gasteiger partial charge on any atom is 0.343 e. The summed E-state index contributed by atoms with van der Waals surface area (Å²) in [5.74, 6) is -0.534. The van der Waals surface area contributed by atoms with Gasteiger partial charge in [-0.2, -0.15) is 0 Å². The smallest absolute Gasteiger partial charge is 0.343 e. The van der Waals surface area contributed by atoms with Crippen LogP contribution in [-0.2, 0) is 17.6 Å². The van der Waals surface area contributed by atoms with E-state index in [-0.39, 0.29) is 17.7 Å². The molecule has 0 saturated carbocycles. The van der Waals surface area contributed by atoms with Gasteiger partial charge in [-0.25, -0.2) is 4.79 Å².